The molecule has 0 bridgehead atoms. The molecule has 1 aliphatic rings. The lowest BCUT2D eigenvalue weighted by atomic mass is 10.0. The van der Waals surface area contributed by atoms with E-state index in [4.69, 9.17) is 0 Å². The van der Waals surface area contributed by atoms with Crippen LogP contribution in [0.2, 0.25) is 0 Å². The summed E-state index contributed by atoms with van der Waals surface area (Å²) in [4.78, 5) is 13.8. The third-order valence-electron chi connectivity index (χ3n) is 3.01. The number of nitrogens with zero attached hydrogens (tertiary/aromatic N) is 2. The van der Waals surface area contributed by atoms with Crippen LogP contribution in [-0.2, 0) is 4.79 Å². The second-order valence-electron chi connectivity index (χ2n) is 5.97. The first kappa shape index (κ1) is 12.5. The highest BCUT2D eigenvalue weighted by atomic mass is 16.2. The Kier molecular flexibility index (Phi) is 3.77. The number of likely N-dealkylation sites (N-methyl/N-ethyl adjacent to an activating group) is 1. The van der Waals surface area contributed by atoms with Gasteiger partial charge in [-0.3, -0.25) is 4.79 Å². The first-order chi connectivity index (χ1) is 6.81. The van der Waals surface area contributed by atoms with Crippen molar-refractivity contribution in [1.29, 1.82) is 0 Å². The summed E-state index contributed by atoms with van der Waals surface area (Å²) in [7, 11) is 6.57. The Balaban J connectivity index is 2.69. The third kappa shape index (κ3) is 3.49. The fourth-order valence-corrected chi connectivity index (χ4v) is 2.25. The van der Waals surface area contributed by atoms with E-state index in [1.54, 1.807) is 0 Å². The normalized spacial score (nSPS) is 20.1. The number of carbonyl (C=O) groups is 1. The molecule has 0 aromatic rings. The molecule has 1 rings (SSSR count). The van der Waals surface area contributed by atoms with Gasteiger partial charge >= 0.3 is 0 Å². The van der Waals surface area contributed by atoms with Crippen LogP contribution in [0.1, 0.15) is 26.7 Å². The summed E-state index contributed by atoms with van der Waals surface area (Å²) >= 11 is 0. The lowest BCUT2D eigenvalue weighted by Crippen LogP contribution is -2.51. The van der Waals surface area contributed by atoms with Crippen molar-refractivity contribution in [3.05, 3.63) is 0 Å². The van der Waals surface area contributed by atoms with Gasteiger partial charge in [0.15, 0.2) is 0 Å². The summed E-state index contributed by atoms with van der Waals surface area (Å²) in [5.74, 6) is 0.895. The van der Waals surface area contributed by atoms with E-state index in [-0.39, 0.29) is 0 Å². The van der Waals surface area contributed by atoms with Crippen molar-refractivity contribution in [2.75, 3.05) is 34.2 Å². The maximum atomic E-state index is 11.7. The molecule has 1 amide bonds. The number of amides is 1. The van der Waals surface area contributed by atoms with Crippen LogP contribution in [0.15, 0.2) is 0 Å². The van der Waals surface area contributed by atoms with E-state index in [0.717, 1.165) is 30.4 Å². The number of rotatable bonds is 4. The molecule has 88 valence electrons. The van der Waals surface area contributed by atoms with Crippen molar-refractivity contribution >= 4 is 5.91 Å². The van der Waals surface area contributed by atoms with Crippen molar-refractivity contribution < 1.29 is 9.28 Å². The molecule has 1 aliphatic heterocycles. The zero-order chi connectivity index (χ0) is 11.6. The topological polar surface area (TPSA) is 20.3 Å². The van der Waals surface area contributed by atoms with Crippen LogP contribution < -0.4 is 0 Å². The first-order valence-electron chi connectivity index (χ1n) is 5.91. The van der Waals surface area contributed by atoms with Gasteiger partial charge in [0.05, 0.1) is 33.7 Å². The molecule has 1 atom stereocenters. The van der Waals surface area contributed by atoms with Crippen LogP contribution in [0.25, 0.3) is 0 Å². The Morgan fingerprint density at radius 3 is 2.27 bits per heavy atom. The quantitative estimate of drug-likeness (QED) is 0.645. The van der Waals surface area contributed by atoms with E-state index < -0.39 is 0 Å². The molecule has 0 N–H and O–H groups in total. The molecule has 1 saturated heterocycles. The van der Waals surface area contributed by atoms with E-state index in [0.29, 0.717) is 17.9 Å². The van der Waals surface area contributed by atoms with Gasteiger partial charge in [-0.1, -0.05) is 13.8 Å². The zero-order valence-corrected chi connectivity index (χ0v) is 10.8. The summed E-state index contributed by atoms with van der Waals surface area (Å²) < 4.78 is 0.923. The first-order valence-corrected chi connectivity index (χ1v) is 5.91. The summed E-state index contributed by atoms with van der Waals surface area (Å²) in [5, 5.41) is 0. The molecule has 0 aromatic heterocycles. The van der Waals surface area contributed by atoms with Gasteiger partial charge in [0, 0.05) is 13.0 Å². The maximum absolute atomic E-state index is 11.7. The van der Waals surface area contributed by atoms with E-state index in [1.807, 2.05) is 0 Å². The SMILES string of the molecule is CC(C)C(C[N+](C)(C)C)N1CCCC1=O. The van der Waals surface area contributed by atoms with E-state index >= 15 is 0 Å². The highest BCUT2D eigenvalue weighted by Gasteiger charge is 2.33. The van der Waals surface area contributed by atoms with Gasteiger partial charge in [0.25, 0.3) is 0 Å². The van der Waals surface area contributed by atoms with Crippen LogP contribution in [0, 0.1) is 5.92 Å². The predicted octanol–water partition coefficient (Wildman–Crippen LogP) is 1.34. The average molecular weight is 213 g/mol. The van der Waals surface area contributed by atoms with Gasteiger partial charge in [-0.2, -0.15) is 0 Å². The second-order valence-corrected chi connectivity index (χ2v) is 5.97. The summed E-state index contributed by atoms with van der Waals surface area (Å²) in [6, 6.07) is 0.403. The molecule has 0 aromatic carbocycles. The minimum absolute atomic E-state index is 0.349. The van der Waals surface area contributed by atoms with Crippen molar-refractivity contribution in [3.63, 3.8) is 0 Å². The summed E-state index contributed by atoms with van der Waals surface area (Å²) in [6.45, 7) is 6.43. The van der Waals surface area contributed by atoms with Crippen LogP contribution in [0.3, 0.4) is 0 Å². The maximum Gasteiger partial charge on any atom is 0.223 e. The lowest BCUT2D eigenvalue weighted by molar-refractivity contribution is -0.872. The highest BCUT2D eigenvalue weighted by Crippen LogP contribution is 2.20. The third-order valence-corrected chi connectivity index (χ3v) is 3.01. The molecule has 1 unspecified atom stereocenters. The minimum Gasteiger partial charge on any atom is -0.334 e. The molecule has 1 fully saturated rings. The Bertz CT molecular complexity index is 230. The van der Waals surface area contributed by atoms with Gasteiger partial charge in [0.2, 0.25) is 5.91 Å². The molecule has 3 heteroatoms. The van der Waals surface area contributed by atoms with Gasteiger partial charge in [-0.25, -0.2) is 0 Å². The van der Waals surface area contributed by atoms with Gasteiger partial charge in [-0.05, 0) is 12.3 Å². The molecule has 15 heavy (non-hydrogen) atoms. The fraction of sp³-hybridized carbons (Fsp3) is 0.917. The number of hydrogen-bond donors (Lipinski definition) is 0. The number of quaternary nitrogens is 1. The van der Waals surface area contributed by atoms with Crippen molar-refractivity contribution in [2.45, 2.75) is 32.7 Å². The molecule has 0 radical (unpaired) electrons. The zero-order valence-electron chi connectivity index (χ0n) is 10.8. The van der Waals surface area contributed by atoms with Gasteiger partial charge in [-0.15, -0.1) is 0 Å². The average Bonchev–Trinajstić information content (AvgIpc) is 2.45. The van der Waals surface area contributed by atoms with Gasteiger partial charge in [0.1, 0.15) is 0 Å². The molecule has 0 aliphatic carbocycles. The predicted molar refractivity (Wildman–Crippen MR) is 62.5 cm³/mol. The Morgan fingerprint density at radius 2 is 1.93 bits per heavy atom. The van der Waals surface area contributed by atoms with Gasteiger partial charge < -0.3 is 9.38 Å². The molecular weight excluding hydrogens is 188 g/mol. The van der Waals surface area contributed by atoms with E-state index in [1.165, 1.54) is 0 Å². The molecule has 3 nitrogen and oxygen atoms in total. The van der Waals surface area contributed by atoms with Crippen molar-refractivity contribution in [3.8, 4) is 0 Å². The number of hydrogen-bond acceptors (Lipinski definition) is 1. The highest BCUT2D eigenvalue weighted by molar-refractivity contribution is 5.78. The summed E-state index contributed by atoms with van der Waals surface area (Å²) in [6.07, 6.45) is 1.79. The standard InChI is InChI=1S/C12H25N2O/c1-10(2)11(9-14(3,4)5)13-8-6-7-12(13)15/h10-11H,6-9H2,1-5H3/q+1. The van der Waals surface area contributed by atoms with Crippen LogP contribution in [-0.4, -0.2) is 55.6 Å². The second kappa shape index (κ2) is 4.52. The number of carbonyl (C=O) groups excluding carboxylic acids is 1. The Morgan fingerprint density at radius 1 is 1.33 bits per heavy atom. The lowest BCUT2D eigenvalue weighted by Gasteiger charge is -2.36. The monoisotopic (exact) mass is 213 g/mol. The largest absolute Gasteiger partial charge is 0.334 e. The van der Waals surface area contributed by atoms with Crippen molar-refractivity contribution in [2.24, 2.45) is 5.92 Å². The number of likely N-dealkylation sites (tertiary alicyclic amines) is 1. The van der Waals surface area contributed by atoms with Crippen LogP contribution in [0.5, 0.6) is 0 Å². The van der Waals surface area contributed by atoms with Crippen LogP contribution >= 0.6 is 0 Å². The Labute approximate surface area is 93.6 Å². The van der Waals surface area contributed by atoms with E-state index in [9.17, 15) is 4.79 Å². The fourth-order valence-electron chi connectivity index (χ4n) is 2.25. The minimum atomic E-state index is 0.349. The molecular formula is C12H25N2O+. The smallest absolute Gasteiger partial charge is 0.223 e. The molecule has 1 heterocycles. The van der Waals surface area contributed by atoms with Crippen molar-refractivity contribution in [1.82, 2.24) is 4.90 Å². The molecule has 0 saturated carbocycles. The van der Waals surface area contributed by atoms with E-state index in [2.05, 4.69) is 39.9 Å². The van der Waals surface area contributed by atoms with Crippen LogP contribution in [0.4, 0.5) is 0 Å². The Hall–Kier alpha value is -0.570. The summed E-state index contributed by atoms with van der Waals surface area (Å²) in [5.41, 5.74) is 0. The molecule has 0 spiro atoms.